The monoisotopic (exact) mass is 304 g/mol. The number of thiazole rings is 1. The maximum Gasteiger partial charge on any atom is 0.111 e. The van der Waals surface area contributed by atoms with Gasteiger partial charge in [0.15, 0.2) is 0 Å². The summed E-state index contributed by atoms with van der Waals surface area (Å²) in [6.45, 7) is 7.61. The largest absolute Gasteiger partial charge is 0.306 e. The third-order valence-corrected chi connectivity index (χ3v) is 5.88. The van der Waals surface area contributed by atoms with E-state index in [2.05, 4.69) is 43.6 Å². The zero-order valence-corrected chi connectivity index (χ0v) is 13.8. The van der Waals surface area contributed by atoms with E-state index in [0.717, 1.165) is 18.0 Å². The minimum Gasteiger partial charge on any atom is -0.306 e. The normalized spacial score (nSPS) is 19.2. The summed E-state index contributed by atoms with van der Waals surface area (Å²) in [5, 5.41) is 6.99. The van der Waals surface area contributed by atoms with Gasteiger partial charge in [-0.3, -0.25) is 0 Å². The Hall–Kier alpha value is -0.840. The summed E-state index contributed by atoms with van der Waals surface area (Å²) >= 11 is 3.80. The molecule has 0 saturated carbocycles. The summed E-state index contributed by atoms with van der Waals surface area (Å²) in [4.78, 5) is 4.88. The van der Waals surface area contributed by atoms with Crippen LogP contribution >= 0.6 is 23.1 Å². The molecule has 1 aromatic carbocycles. The number of nitrogens with one attached hydrogen (secondary N) is 1. The molecule has 1 aliphatic heterocycles. The van der Waals surface area contributed by atoms with Crippen LogP contribution in [0.5, 0.6) is 0 Å². The van der Waals surface area contributed by atoms with Crippen molar-refractivity contribution >= 4 is 23.1 Å². The van der Waals surface area contributed by atoms with Gasteiger partial charge in [0.2, 0.25) is 0 Å². The number of hydrogen-bond acceptors (Lipinski definition) is 4. The molecular formula is C16H20N2S2. The summed E-state index contributed by atoms with van der Waals surface area (Å²) in [5.74, 6) is 2.35. The van der Waals surface area contributed by atoms with Gasteiger partial charge in [0.25, 0.3) is 0 Å². The molecule has 20 heavy (non-hydrogen) atoms. The predicted molar refractivity (Wildman–Crippen MR) is 89.8 cm³/mol. The first-order chi connectivity index (χ1) is 9.65. The Kier molecular flexibility index (Phi) is 4.15. The third kappa shape index (κ3) is 2.78. The zero-order valence-electron chi connectivity index (χ0n) is 12.2. The van der Waals surface area contributed by atoms with Gasteiger partial charge in [-0.15, -0.1) is 11.3 Å². The molecule has 1 fully saturated rings. The van der Waals surface area contributed by atoms with Gasteiger partial charge in [0.1, 0.15) is 5.01 Å². The van der Waals surface area contributed by atoms with Crippen molar-refractivity contribution in [2.45, 2.75) is 26.8 Å². The molecule has 1 unspecified atom stereocenters. The SMILES string of the molecule is Cc1cc(C)c(-c2csc(C3CSCCN3)n2)cc1C. The Balaban J connectivity index is 1.91. The second-order valence-electron chi connectivity index (χ2n) is 5.40. The molecule has 1 N–H and O–H groups in total. The highest BCUT2D eigenvalue weighted by molar-refractivity contribution is 7.99. The van der Waals surface area contributed by atoms with Crippen molar-refractivity contribution in [2.75, 3.05) is 18.1 Å². The first-order valence-electron chi connectivity index (χ1n) is 7.00. The van der Waals surface area contributed by atoms with E-state index in [4.69, 9.17) is 4.98 Å². The molecule has 0 bridgehead atoms. The van der Waals surface area contributed by atoms with Gasteiger partial charge in [-0.05, 0) is 43.5 Å². The molecule has 0 aliphatic carbocycles. The summed E-state index contributed by atoms with van der Waals surface area (Å²) in [6.07, 6.45) is 0. The molecular weight excluding hydrogens is 284 g/mol. The molecule has 106 valence electrons. The Morgan fingerprint density at radius 2 is 1.95 bits per heavy atom. The summed E-state index contributed by atoms with van der Waals surface area (Å²) in [7, 11) is 0. The smallest absolute Gasteiger partial charge is 0.111 e. The molecule has 1 aromatic heterocycles. The summed E-state index contributed by atoms with van der Waals surface area (Å²) in [5.41, 5.74) is 6.41. The molecule has 2 nitrogen and oxygen atoms in total. The molecule has 1 atom stereocenters. The third-order valence-electron chi connectivity index (χ3n) is 3.86. The lowest BCUT2D eigenvalue weighted by Crippen LogP contribution is -2.30. The molecule has 1 aliphatic rings. The van der Waals surface area contributed by atoms with E-state index in [1.165, 1.54) is 33.0 Å². The van der Waals surface area contributed by atoms with Crippen LogP contribution in [-0.4, -0.2) is 23.0 Å². The lowest BCUT2D eigenvalue weighted by atomic mass is 9.99. The van der Waals surface area contributed by atoms with Crippen LogP contribution in [0.3, 0.4) is 0 Å². The van der Waals surface area contributed by atoms with Gasteiger partial charge in [0, 0.05) is 29.0 Å². The lowest BCUT2D eigenvalue weighted by molar-refractivity contribution is 0.592. The van der Waals surface area contributed by atoms with Crippen LogP contribution in [0.4, 0.5) is 0 Å². The fraction of sp³-hybridized carbons (Fsp3) is 0.438. The van der Waals surface area contributed by atoms with Gasteiger partial charge in [-0.1, -0.05) is 6.07 Å². The lowest BCUT2D eigenvalue weighted by Gasteiger charge is -2.20. The van der Waals surface area contributed by atoms with E-state index < -0.39 is 0 Å². The van der Waals surface area contributed by atoms with E-state index in [9.17, 15) is 0 Å². The topological polar surface area (TPSA) is 24.9 Å². The minimum absolute atomic E-state index is 0.430. The summed E-state index contributed by atoms with van der Waals surface area (Å²) < 4.78 is 0. The average Bonchev–Trinajstić information content (AvgIpc) is 2.93. The van der Waals surface area contributed by atoms with Crippen LogP contribution in [0.25, 0.3) is 11.3 Å². The van der Waals surface area contributed by atoms with E-state index in [-0.39, 0.29) is 0 Å². The highest BCUT2D eigenvalue weighted by atomic mass is 32.2. The Morgan fingerprint density at radius 3 is 2.70 bits per heavy atom. The molecule has 3 rings (SSSR count). The van der Waals surface area contributed by atoms with Crippen LogP contribution in [0.2, 0.25) is 0 Å². The molecule has 0 spiro atoms. The van der Waals surface area contributed by atoms with Crippen molar-refractivity contribution in [1.29, 1.82) is 0 Å². The van der Waals surface area contributed by atoms with E-state index >= 15 is 0 Å². The van der Waals surface area contributed by atoms with Crippen LogP contribution in [0.1, 0.15) is 27.7 Å². The van der Waals surface area contributed by atoms with Gasteiger partial charge in [0.05, 0.1) is 11.7 Å². The van der Waals surface area contributed by atoms with Crippen molar-refractivity contribution in [1.82, 2.24) is 10.3 Å². The zero-order chi connectivity index (χ0) is 14.1. The summed E-state index contributed by atoms with van der Waals surface area (Å²) in [6, 6.07) is 4.96. The molecule has 0 amide bonds. The van der Waals surface area contributed by atoms with E-state index in [1.54, 1.807) is 11.3 Å². The van der Waals surface area contributed by atoms with Gasteiger partial charge < -0.3 is 5.32 Å². The van der Waals surface area contributed by atoms with Crippen LogP contribution < -0.4 is 5.32 Å². The first-order valence-corrected chi connectivity index (χ1v) is 9.03. The van der Waals surface area contributed by atoms with Gasteiger partial charge >= 0.3 is 0 Å². The van der Waals surface area contributed by atoms with Crippen molar-refractivity contribution in [2.24, 2.45) is 0 Å². The van der Waals surface area contributed by atoms with Crippen molar-refractivity contribution in [3.05, 3.63) is 39.2 Å². The quantitative estimate of drug-likeness (QED) is 0.903. The number of aromatic nitrogens is 1. The minimum atomic E-state index is 0.430. The van der Waals surface area contributed by atoms with Crippen molar-refractivity contribution in [3.8, 4) is 11.3 Å². The maximum atomic E-state index is 4.88. The molecule has 4 heteroatoms. The molecule has 1 saturated heterocycles. The first kappa shape index (κ1) is 14.1. The second kappa shape index (κ2) is 5.88. The van der Waals surface area contributed by atoms with Crippen molar-refractivity contribution < 1.29 is 0 Å². The molecule has 2 aromatic rings. The van der Waals surface area contributed by atoms with Crippen LogP contribution in [-0.2, 0) is 0 Å². The number of aryl methyl sites for hydroxylation is 3. The number of benzene rings is 1. The number of thioether (sulfide) groups is 1. The molecule has 2 heterocycles. The maximum absolute atomic E-state index is 4.88. The predicted octanol–water partition coefficient (Wildman–Crippen LogP) is 4.11. The fourth-order valence-electron chi connectivity index (χ4n) is 2.53. The highest BCUT2D eigenvalue weighted by Gasteiger charge is 2.19. The van der Waals surface area contributed by atoms with Gasteiger partial charge in [-0.25, -0.2) is 4.98 Å². The van der Waals surface area contributed by atoms with Crippen LogP contribution in [0, 0.1) is 20.8 Å². The number of nitrogens with zero attached hydrogens (tertiary/aromatic N) is 1. The Labute approximate surface area is 129 Å². The standard InChI is InChI=1S/C16H20N2S2/c1-10-6-12(3)13(7-11(10)2)14-9-20-16(18-14)15-8-19-5-4-17-15/h6-7,9,15,17H,4-5,8H2,1-3H3. The fourth-order valence-corrected chi connectivity index (χ4v) is 4.47. The van der Waals surface area contributed by atoms with E-state index in [0.29, 0.717) is 6.04 Å². The highest BCUT2D eigenvalue weighted by Crippen LogP contribution is 2.31. The van der Waals surface area contributed by atoms with Crippen molar-refractivity contribution in [3.63, 3.8) is 0 Å². The number of rotatable bonds is 2. The average molecular weight is 304 g/mol. The Bertz CT molecular complexity index is 613. The van der Waals surface area contributed by atoms with Crippen LogP contribution in [0.15, 0.2) is 17.5 Å². The van der Waals surface area contributed by atoms with E-state index in [1.807, 2.05) is 11.8 Å². The Morgan fingerprint density at radius 1 is 1.15 bits per heavy atom. The number of hydrogen-bond donors (Lipinski definition) is 1. The molecule has 0 radical (unpaired) electrons. The van der Waals surface area contributed by atoms with Gasteiger partial charge in [-0.2, -0.15) is 11.8 Å². The second-order valence-corrected chi connectivity index (χ2v) is 7.44.